The van der Waals surface area contributed by atoms with Crippen LogP contribution in [0.5, 0.6) is 0 Å². The highest BCUT2D eigenvalue weighted by Gasteiger charge is 2.20. The number of aromatic nitrogens is 2. The molecule has 0 saturated heterocycles. The van der Waals surface area contributed by atoms with Crippen LogP contribution in [0.25, 0.3) is 0 Å². The number of rotatable bonds is 4. The molecule has 1 heterocycles. The number of amides is 2. The van der Waals surface area contributed by atoms with E-state index in [1.807, 2.05) is 6.92 Å². The Bertz CT molecular complexity index is 430. The molecule has 0 radical (unpaired) electrons. The molecule has 1 aromatic heterocycles. The standard InChI is InChI=1S/C11H18N4O3/c1-7-5-12-9(13-7)6-15(3)10(16)8(2)14-11(17)18-4/h5,8H,6H2,1-4H3,(H,12,13)(H,14,17)/t8-/m1/s1. The van der Waals surface area contributed by atoms with Crippen molar-refractivity contribution in [2.75, 3.05) is 14.2 Å². The molecule has 1 aromatic rings. The van der Waals surface area contributed by atoms with Crippen LogP contribution in [0.2, 0.25) is 0 Å². The predicted molar refractivity (Wildman–Crippen MR) is 64.8 cm³/mol. The highest BCUT2D eigenvalue weighted by molar-refractivity contribution is 5.84. The summed E-state index contributed by atoms with van der Waals surface area (Å²) in [7, 11) is 2.90. The van der Waals surface area contributed by atoms with Gasteiger partial charge in [0.05, 0.1) is 13.7 Å². The normalized spacial score (nSPS) is 11.8. The van der Waals surface area contributed by atoms with E-state index in [1.54, 1.807) is 20.2 Å². The van der Waals surface area contributed by atoms with E-state index in [-0.39, 0.29) is 5.91 Å². The van der Waals surface area contributed by atoms with Crippen molar-refractivity contribution in [3.63, 3.8) is 0 Å². The van der Waals surface area contributed by atoms with E-state index in [0.29, 0.717) is 12.4 Å². The number of nitrogens with zero attached hydrogens (tertiary/aromatic N) is 2. The first-order valence-corrected chi connectivity index (χ1v) is 5.54. The van der Waals surface area contributed by atoms with Crippen LogP contribution in [0, 0.1) is 6.92 Å². The van der Waals surface area contributed by atoms with E-state index in [2.05, 4.69) is 20.0 Å². The van der Waals surface area contributed by atoms with E-state index in [1.165, 1.54) is 12.0 Å². The Hall–Kier alpha value is -2.05. The fourth-order valence-corrected chi connectivity index (χ4v) is 1.48. The molecule has 2 amide bonds. The van der Waals surface area contributed by atoms with Gasteiger partial charge in [0.1, 0.15) is 11.9 Å². The van der Waals surface area contributed by atoms with Gasteiger partial charge in [0.2, 0.25) is 5.91 Å². The average molecular weight is 254 g/mol. The van der Waals surface area contributed by atoms with Gasteiger partial charge in [-0.2, -0.15) is 0 Å². The molecular weight excluding hydrogens is 236 g/mol. The lowest BCUT2D eigenvalue weighted by molar-refractivity contribution is -0.132. The van der Waals surface area contributed by atoms with Gasteiger partial charge in [0.25, 0.3) is 0 Å². The summed E-state index contributed by atoms with van der Waals surface area (Å²) in [6.07, 6.45) is 1.07. The molecule has 7 nitrogen and oxygen atoms in total. The molecule has 0 bridgehead atoms. The van der Waals surface area contributed by atoms with E-state index in [0.717, 1.165) is 5.69 Å². The summed E-state index contributed by atoms with van der Waals surface area (Å²) in [4.78, 5) is 31.5. The van der Waals surface area contributed by atoms with Gasteiger partial charge in [-0.15, -0.1) is 0 Å². The lowest BCUT2D eigenvalue weighted by Crippen LogP contribution is -2.45. The lowest BCUT2D eigenvalue weighted by Gasteiger charge is -2.20. The summed E-state index contributed by atoms with van der Waals surface area (Å²) in [5.41, 5.74) is 0.937. The maximum absolute atomic E-state index is 11.9. The fourth-order valence-electron chi connectivity index (χ4n) is 1.48. The molecule has 0 fully saturated rings. The Morgan fingerprint density at radius 1 is 1.61 bits per heavy atom. The minimum absolute atomic E-state index is 0.213. The molecule has 7 heteroatoms. The number of H-pyrrole nitrogens is 1. The van der Waals surface area contributed by atoms with E-state index < -0.39 is 12.1 Å². The van der Waals surface area contributed by atoms with Crippen LogP contribution >= 0.6 is 0 Å². The van der Waals surface area contributed by atoms with Gasteiger partial charge in [0, 0.05) is 18.9 Å². The third-order valence-corrected chi connectivity index (χ3v) is 2.41. The molecule has 1 rings (SSSR count). The summed E-state index contributed by atoms with van der Waals surface area (Å²) in [5, 5.41) is 2.42. The van der Waals surface area contributed by atoms with Crippen molar-refractivity contribution in [2.45, 2.75) is 26.4 Å². The van der Waals surface area contributed by atoms with Crippen molar-refractivity contribution >= 4 is 12.0 Å². The van der Waals surface area contributed by atoms with Gasteiger partial charge in [0.15, 0.2) is 0 Å². The Morgan fingerprint density at radius 3 is 2.78 bits per heavy atom. The Morgan fingerprint density at radius 2 is 2.28 bits per heavy atom. The van der Waals surface area contributed by atoms with Crippen LogP contribution in [0.15, 0.2) is 6.20 Å². The van der Waals surface area contributed by atoms with Crippen LogP contribution in [0.3, 0.4) is 0 Å². The third kappa shape index (κ3) is 3.76. The average Bonchev–Trinajstić information content (AvgIpc) is 2.73. The van der Waals surface area contributed by atoms with Gasteiger partial charge in [-0.05, 0) is 13.8 Å². The molecule has 18 heavy (non-hydrogen) atoms. The van der Waals surface area contributed by atoms with Crippen LogP contribution in [-0.2, 0) is 16.1 Å². The summed E-state index contributed by atoms with van der Waals surface area (Å²) in [5.74, 6) is 0.489. The topological polar surface area (TPSA) is 87.3 Å². The SMILES string of the molecule is COC(=O)N[C@H](C)C(=O)N(C)Cc1ncc(C)[nH]1. The van der Waals surface area contributed by atoms with Crippen LogP contribution in [-0.4, -0.2) is 47.1 Å². The van der Waals surface area contributed by atoms with Crippen molar-refractivity contribution < 1.29 is 14.3 Å². The monoisotopic (exact) mass is 254 g/mol. The minimum atomic E-state index is -0.640. The van der Waals surface area contributed by atoms with Crippen LogP contribution in [0.1, 0.15) is 18.4 Å². The third-order valence-electron chi connectivity index (χ3n) is 2.41. The highest BCUT2D eigenvalue weighted by Crippen LogP contribution is 2.01. The zero-order chi connectivity index (χ0) is 13.7. The zero-order valence-corrected chi connectivity index (χ0v) is 11.0. The summed E-state index contributed by atoms with van der Waals surface area (Å²) >= 11 is 0. The molecule has 0 aliphatic rings. The molecule has 0 aliphatic carbocycles. The molecule has 0 saturated carbocycles. The smallest absolute Gasteiger partial charge is 0.407 e. The van der Waals surface area contributed by atoms with E-state index >= 15 is 0 Å². The minimum Gasteiger partial charge on any atom is -0.453 e. The number of alkyl carbamates (subject to hydrolysis) is 1. The second kappa shape index (κ2) is 6.04. The number of carbonyl (C=O) groups is 2. The van der Waals surface area contributed by atoms with E-state index in [4.69, 9.17) is 0 Å². The first-order chi connectivity index (χ1) is 8.43. The molecule has 0 spiro atoms. The number of imidazole rings is 1. The molecule has 2 N–H and O–H groups in total. The Balaban J connectivity index is 2.52. The second-order valence-electron chi connectivity index (χ2n) is 4.06. The van der Waals surface area contributed by atoms with Crippen molar-refractivity contribution in [3.8, 4) is 0 Å². The van der Waals surface area contributed by atoms with Crippen LogP contribution < -0.4 is 5.32 Å². The van der Waals surface area contributed by atoms with Gasteiger partial charge in [-0.3, -0.25) is 4.79 Å². The molecule has 1 atom stereocenters. The lowest BCUT2D eigenvalue weighted by atomic mass is 10.3. The molecule has 0 unspecified atom stereocenters. The number of likely N-dealkylation sites (N-methyl/N-ethyl adjacent to an activating group) is 1. The van der Waals surface area contributed by atoms with E-state index in [9.17, 15) is 9.59 Å². The fraction of sp³-hybridized carbons (Fsp3) is 0.545. The second-order valence-corrected chi connectivity index (χ2v) is 4.06. The van der Waals surface area contributed by atoms with Gasteiger partial charge in [-0.25, -0.2) is 9.78 Å². The maximum atomic E-state index is 11.9. The first kappa shape index (κ1) is 14.0. The Kier molecular flexibility index (Phi) is 4.70. The van der Waals surface area contributed by atoms with Crippen LogP contribution in [0.4, 0.5) is 4.79 Å². The molecule has 0 aromatic carbocycles. The highest BCUT2D eigenvalue weighted by atomic mass is 16.5. The Labute approximate surface area is 106 Å². The maximum Gasteiger partial charge on any atom is 0.407 e. The van der Waals surface area contributed by atoms with Crippen molar-refractivity contribution in [1.29, 1.82) is 0 Å². The number of carbonyl (C=O) groups excluding carboxylic acids is 2. The molecule has 0 aliphatic heterocycles. The summed E-state index contributed by atoms with van der Waals surface area (Å²) in [6, 6.07) is -0.640. The summed E-state index contributed by atoms with van der Waals surface area (Å²) in [6.45, 7) is 3.85. The number of methoxy groups -OCH3 is 1. The molecule has 100 valence electrons. The largest absolute Gasteiger partial charge is 0.453 e. The first-order valence-electron chi connectivity index (χ1n) is 5.54. The number of aromatic amines is 1. The number of aryl methyl sites for hydroxylation is 1. The van der Waals surface area contributed by atoms with Crippen molar-refractivity contribution in [3.05, 3.63) is 17.7 Å². The zero-order valence-electron chi connectivity index (χ0n) is 11.0. The van der Waals surface area contributed by atoms with Gasteiger partial charge in [-0.1, -0.05) is 0 Å². The number of ether oxygens (including phenoxy) is 1. The predicted octanol–water partition coefficient (Wildman–Crippen LogP) is 0.421. The quantitative estimate of drug-likeness (QED) is 0.815. The summed E-state index contributed by atoms with van der Waals surface area (Å²) < 4.78 is 4.43. The number of hydrogen-bond donors (Lipinski definition) is 2. The van der Waals surface area contributed by atoms with Crippen molar-refractivity contribution in [1.82, 2.24) is 20.2 Å². The number of nitrogens with one attached hydrogen (secondary N) is 2. The molecular formula is C11H18N4O3. The van der Waals surface area contributed by atoms with Crippen molar-refractivity contribution in [2.24, 2.45) is 0 Å². The van der Waals surface area contributed by atoms with Gasteiger partial charge >= 0.3 is 6.09 Å². The van der Waals surface area contributed by atoms with Gasteiger partial charge < -0.3 is 19.9 Å². The number of hydrogen-bond acceptors (Lipinski definition) is 4.